The molecule has 7 heteroatoms. The molecular weight excluding hydrogens is 246 g/mol. The van der Waals surface area contributed by atoms with E-state index < -0.39 is 6.04 Å². The maximum Gasteiger partial charge on any atom is 0.245 e. The zero-order valence-electron chi connectivity index (χ0n) is 9.00. The molecule has 16 heavy (non-hydrogen) atoms. The van der Waals surface area contributed by atoms with E-state index in [0.717, 1.165) is 5.75 Å². The topological polar surface area (TPSA) is 85.2 Å². The standard InChI is InChI=1S/C9H15N3O2S2/c1-5-7(16-3-2-15-5)8-11-9(14-12-8)6(10)4-13/h5-7,13H,2-4,10H2,1H3/t5?,6-,7?/m0/s1. The van der Waals surface area contributed by atoms with Crippen LogP contribution in [0.5, 0.6) is 0 Å². The van der Waals surface area contributed by atoms with Crippen LogP contribution in [0.2, 0.25) is 0 Å². The largest absolute Gasteiger partial charge is 0.394 e. The van der Waals surface area contributed by atoms with E-state index in [1.165, 1.54) is 5.75 Å². The molecule has 90 valence electrons. The molecule has 3 N–H and O–H groups in total. The molecule has 1 saturated heterocycles. The highest BCUT2D eigenvalue weighted by Crippen LogP contribution is 2.41. The van der Waals surface area contributed by atoms with Crippen LogP contribution >= 0.6 is 23.5 Å². The van der Waals surface area contributed by atoms with E-state index in [0.29, 0.717) is 17.0 Å². The van der Waals surface area contributed by atoms with Crippen LogP contribution in [0.4, 0.5) is 0 Å². The molecular formula is C9H15N3O2S2. The Morgan fingerprint density at radius 3 is 3.00 bits per heavy atom. The van der Waals surface area contributed by atoms with Crippen molar-refractivity contribution in [1.29, 1.82) is 0 Å². The highest BCUT2D eigenvalue weighted by atomic mass is 32.2. The molecule has 1 aliphatic heterocycles. The van der Waals surface area contributed by atoms with Crippen LogP contribution in [-0.2, 0) is 0 Å². The minimum atomic E-state index is -0.571. The van der Waals surface area contributed by atoms with Gasteiger partial charge < -0.3 is 15.4 Å². The fourth-order valence-electron chi connectivity index (χ4n) is 1.51. The Morgan fingerprint density at radius 1 is 1.56 bits per heavy atom. The van der Waals surface area contributed by atoms with Gasteiger partial charge >= 0.3 is 0 Å². The van der Waals surface area contributed by atoms with Crippen molar-refractivity contribution in [3.63, 3.8) is 0 Å². The van der Waals surface area contributed by atoms with Crippen LogP contribution < -0.4 is 5.73 Å². The maximum atomic E-state index is 8.90. The molecule has 0 radical (unpaired) electrons. The quantitative estimate of drug-likeness (QED) is 0.838. The average Bonchev–Trinajstić information content (AvgIpc) is 2.78. The Labute approximate surface area is 103 Å². The number of thioether (sulfide) groups is 2. The number of aliphatic hydroxyl groups excluding tert-OH is 1. The molecule has 3 atom stereocenters. The lowest BCUT2D eigenvalue weighted by molar-refractivity contribution is 0.236. The van der Waals surface area contributed by atoms with Crippen molar-refractivity contribution < 1.29 is 9.63 Å². The van der Waals surface area contributed by atoms with Gasteiger partial charge in [-0.3, -0.25) is 0 Å². The molecule has 0 aliphatic carbocycles. The molecule has 0 aromatic carbocycles. The second-order valence-corrected chi connectivity index (χ2v) is 6.38. The van der Waals surface area contributed by atoms with Gasteiger partial charge in [0.1, 0.15) is 6.04 Å². The summed E-state index contributed by atoms with van der Waals surface area (Å²) in [5.41, 5.74) is 5.61. The summed E-state index contributed by atoms with van der Waals surface area (Å²) in [6, 6.07) is -0.571. The molecule has 5 nitrogen and oxygen atoms in total. The zero-order chi connectivity index (χ0) is 11.5. The van der Waals surface area contributed by atoms with E-state index in [1.54, 1.807) is 0 Å². The third kappa shape index (κ3) is 2.53. The van der Waals surface area contributed by atoms with Gasteiger partial charge in [0.15, 0.2) is 5.82 Å². The zero-order valence-corrected chi connectivity index (χ0v) is 10.6. The van der Waals surface area contributed by atoms with Gasteiger partial charge in [-0.1, -0.05) is 12.1 Å². The van der Waals surface area contributed by atoms with Gasteiger partial charge in [-0.05, 0) is 0 Å². The summed E-state index contributed by atoms with van der Waals surface area (Å²) in [4.78, 5) is 4.26. The van der Waals surface area contributed by atoms with Crippen LogP contribution in [-0.4, -0.2) is 38.6 Å². The molecule has 1 aromatic rings. The van der Waals surface area contributed by atoms with Crippen LogP contribution in [0, 0.1) is 0 Å². The van der Waals surface area contributed by atoms with Gasteiger partial charge in [0.25, 0.3) is 0 Å². The molecule has 0 bridgehead atoms. The van der Waals surface area contributed by atoms with E-state index >= 15 is 0 Å². The third-order valence-electron chi connectivity index (χ3n) is 2.41. The van der Waals surface area contributed by atoms with Gasteiger partial charge in [-0.2, -0.15) is 16.7 Å². The fourth-order valence-corrected chi connectivity index (χ4v) is 4.19. The SMILES string of the molecule is CC1SCCSC1c1noc([C@@H](N)CO)n1. The van der Waals surface area contributed by atoms with Crippen molar-refractivity contribution >= 4 is 23.5 Å². The van der Waals surface area contributed by atoms with Gasteiger partial charge in [0, 0.05) is 16.8 Å². The van der Waals surface area contributed by atoms with Gasteiger partial charge in [0.05, 0.1) is 11.9 Å². The molecule has 0 amide bonds. The normalized spacial score (nSPS) is 27.9. The van der Waals surface area contributed by atoms with Crippen molar-refractivity contribution in [3.8, 4) is 0 Å². The lowest BCUT2D eigenvalue weighted by Crippen LogP contribution is -2.18. The summed E-state index contributed by atoms with van der Waals surface area (Å²) < 4.78 is 5.05. The predicted molar refractivity (Wildman–Crippen MR) is 65.4 cm³/mol. The van der Waals surface area contributed by atoms with Crippen LogP contribution in [0.3, 0.4) is 0 Å². The van der Waals surface area contributed by atoms with E-state index in [1.807, 2.05) is 23.5 Å². The number of aromatic nitrogens is 2. The Bertz CT molecular complexity index is 347. The summed E-state index contributed by atoms with van der Waals surface area (Å²) in [6.07, 6.45) is 0. The minimum Gasteiger partial charge on any atom is -0.394 e. The summed E-state index contributed by atoms with van der Waals surface area (Å²) in [7, 11) is 0. The lowest BCUT2D eigenvalue weighted by Gasteiger charge is -2.24. The number of rotatable bonds is 3. The molecule has 1 aliphatic rings. The maximum absolute atomic E-state index is 8.90. The van der Waals surface area contributed by atoms with Crippen LogP contribution in [0.15, 0.2) is 4.52 Å². The molecule has 1 fully saturated rings. The van der Waals surface area contributed by atoms with E-state index in [2.05, 4.69) is 17.1 Å². The summed E-state index contributed by atoms with van der Waals surface area (Å²) in [5, 5.41) is 13.6. The smallest absolute Gasteiger partial charge is 0.245 e. The van der Waals surface area contributed by atoms with Crippen molar-refractivity contribution in [2.24, 2.45) is 5.73 Å². The first-order valence-corrected chi connectivity index (χ1v) is 7.25. The molecule has 0 spiro atoms. The number of aliphatic hydroxyl groups is 1. The van der Waals surface area contributed by atoms with Crippen molar-refractivity contribution in [1.82, 2.24) is 10.1 Å². The highest BCUT2D eigenvalue weighted by molar-refractivity contribution is 8.06. The predicted octanol–water partition coefficient (Wildman–Crippen LogP) is 0.971. The van der Waals surface area contributed by atoms with E-state index in [4.69, 9.17) is 15.4 Å². The Kier molecular flexibility index (Phi) is 4.12. The first-order valence-electron chi connectivity index (χ1n) is 5.15. The molecule has 1 aromatic heterocycles. The van der Waals surface area contributed by atoms with Crippen LogP contribution in [0.25, 0.3) is 0 Å². The molecule has 2 rings (SSSR count). The van der Waals surface area contributed by atoms with Crippen molar-refractivity contribution in [3.05, 3.63) is 11.7 Å². The molecule has 0 saturated carbocycles. The van der Waals surface area contributed by atoms with E-state index in [9.17, 15) is 0 Å². The Morgan fingerprint density at radius 2 is 2.31 bits per heavy atom. The number of hydrogen-bond donors (Lipinski definition) is 2. The number of hydrogen-bond acceptors (Lipinski definition) is 7. The monoisotopic (exact) mass is 261 g/mol. The summed E-state index contributed by atoms with van der Waals surface area (Å²) in [6.45, 7) is 1.99. The number of nitrogens with two attached hydrogens (primary N) is 1. The van der Waals surface area contributed by atoms with Gasteiger partial charge in [-0.25, -0.2) is 0 Å². The summed E-state index contributed by atoms with van der Waals surface area (Å²) >= 11 is 3.77. The lowest BCUT2D eigenvalue weighted by atomic mass is 10.3. The van der Waals surface area contributed by atoms with Crippen molar-refractivity contribution in [2.75, 3.05) is 18.1 Å². The molecule has 2 unspecified atom stereocenters. The fraction of sp³-hybridized carbons (Fsp3) is 0.778. The van der Waals surface area contributed by atoms with E-state index in [-0.39, 0.29) is 11.9 Å². The van der Waals surface area contributed by atoms with Gasteiger partial charge in [-0.15, -0.1) is 11.8 Å². The van der Waals surface area contributed by atoms with Gasteiger partial charge in [0.2, 0.25) is 5.89 Å². The van der Waals surface area contributed by atoms with Crippen LogP contribution in [0.1, 0.15) is 29.9 Å². The second-order valence-electron chi connectivity index (χ2n) is 3.65. The Balaban J connectivity index is 2.11. The summed E-state index contributed by atoms with van der Waals surface area (Å²) in [5.74, 6) is 3.29. The van der Waals surface area contributed by atoms with Crippen molar-refractivity contribution in [2.45, 2.75) is 23.5 Å². The third-order valence-corrected chi connectivity index (χ3v) is 5.50. The first-order chi connectivity index (χ1) is 7.72. The minimum absolute atomic E-state index is 0.177. The average molecular weight is 261 g/mol. The Hall–Kier alpha value is -0.240. The second kappa shape index (κ2) is 5.39. The highest BCUT2D eigenvalue weighted by Gasteiger charge is 2.29. The number of nitrogens with zero attached hydrogens (tertiary/aromatic N) is 2. The molecule has 2 heterocycles. The first kappa shape index (κ1) is 12.2.